The van der Waals surface area contributed by atoms with E-state index >= 15 is 0 Å². The Morgan fingerprint density at radius 3 is 2.13 bits per heavy atom. The maximum Gasteiger partial charge on any atom is 0.127 e. The van der Waals surface area contributed by atoms with Gasteiger partial charge in [-0.15, -0.1) is 0 Å². The number of aromatic hydroxyl groups is 1. The molecule has 164 valence electrons. The van der Waals surface area contributed by atoms with Crippen molar-refractivity contribution in [3.8, 4) is 5.75 Å². The minimum absolute atomic E-state index is 0.0524. The highest BCUT2D eigenvalue weighted by Crippen LogP contribution is 2.36. The summed E-state index contributed by atoms with van der Waals surface area (Å²) in [5, 5.41) is 13.7. The summed E-state index contributed by atoms with van der Waals surface area (Å²) in [6.45, 7) is 19.0. The second kappa shape index (κ2) is 9.01. The van der Waals surface area contributed by atoms with E-state index in [0.717, 1.165) is 17.4 Å². The zero-order valence-corrected chi connectivity index (χ0v) is 21.0. The zero-order valence-electron chi connectivity index (χ0n) is 20.0. The highest BCUT2D eigenvalue weighted by atomic mass is 31.1. The molecule has 0 saturated carbocycles. The van der Waals surface area contributed by atoms with E-state index in [1.807, 2.05) is 0 Å². The van der Waals surface area contributed by atoms with Gasteiger partial charge < -0.3 is 5.11 Å². The molecule has 1 atom stereocenters. The Morgan fingerprint density at radius 1 is 0.867 bits per heavy atom. The van der Waals surface area contributed by atoms with E-state index < -0.39 is 0 Å². The highest BCUT2D eigenvalue weighted by molar-refractivity contribution is 7.55. The van der Waals surface area contributed by atoms with Gasteiger partial charge in [0.1, 0.15) is 5.75 Å². The van der Waals surface area contributed by atoms with Gasteiger partial charge in [0, 0.05) is 17.4 Å². The van der Waals surface area contributed by atoms with Crippen molar-refractivity contribution in [1.82, 2.24) is 4.90 Å². The van der Waals surface area contributed by atoms with Crippen LogP contribution in [0, 0.1) is 6.92 Å². The quantitative estimate of drug-likeness (QED) is 0.616. The molecule has 1 N–H and O–H groups in total. The van der Waals surface area contributed by atoms with Crippen LogP contribution in [0.2, 0.25) is 0 Å². The number of likely N-dealkylation sites (tertiary alicyclic amines) is 1. The zero-order chi connectivity index (χ0) is 22.1. The normalized spacial score (nSPS) is 16.5. The van der Waals surface area contributed by atoms with Gasteiger partial charge in [-0.1, -0.05) is 86.4 Å². The number of hydrogen-bond acceptors (Lipinski definition) is 2. The standard InChI is InChI=1S/C27H40NOP/c1-19-11-12-23(20(15-19)18-28-13-9-8-10-14-28)30-24-17-21(26(2,3)4)16-22(25(24)29)27(5,6)7/h11-12,15-17,29-30H,8-10,13-14,18H2,1-7H3. The van der Waals surface area contributed by atoms with Gasteiger partial charge in [0.05, 0.1) is 0 Å². The molecular formula is C27H40NOP. The van der Waals surface area contributed by atoms with E-state index in [4.69, 9.17) is 0 Å². The molecule has 1 aliphatic rings. The number of rotatable bonds is 4. The maximum absolute atomic E-state index is 11.2. The highest BCUT2D eigenvalue weighted by Gasteiger charge is 2.25. The topological polar surface area (TPSA) is 23.5 Å². The molecule has 0 aliphatic carbocycles. The minimum atomic E-state index is -0.0888. The van der Waals surface area contributed by atoms with Crippen molar-refractivity contribution in [2.75, 3.05) is 13.1 Å². The van der Waals surface area contributed by atoms with E-state index in [0.29, 0.717) is 14.3 Å². The molecule has 2 aromatic rings. The summed E-state index contributed by atoms with van der Waals surface area (Å²) >= 11 is 0. The Morgan fingerprint density at radius 2 is 1.53 bits per heavy atom. The fourth-order valence-electron chi connectivity index (χ4n) is 4.21. The van der Waals surface area contributed by atoms with E-state index in [1.165, 1.54) is 54.3 Å². The smallest absolute Gasteiger partial charge is 0.127 e. The molecule has 2 nitrogen and oxygen atoms in total. The molecule has 1 saturated heterocycles. The molecule has 2 aromatic carbocycles. The van der Waals surface area contributed by atoms with E-state index in [2.05, 4.69) is 83.7 Å². The van der Waals surface area contributed by atoms with E-state index in [-0.39, 0.29) is 10.8 Å². The number of phenolic OH excluding ortho intramolecular Hbond substituents is 1. The van der Waals surface area contributed by atoms with Gasteiger partial charge in [0.25, 0.3) is 0 Å². The molecule has 30 heavy (non-hydrogen) atoms. The molecule has 1 aliphatic heterocycles. The molecule has 0 spiro atoms. The van der Waals surface area contributed by atoms with Gasteiger partial charge in [0.2, 0.25) is 0 Å². The number of nitrogens with zero attached hydrogens (tertiary/aromatic N) is 1. The predicted octanol–water partition coefficient (Wildman–Crippen LogP) is 5.91. The van der Waals surface area contributed by atoms with Crippen molar-refractivity contribution >= 4 is 19.2 Å². The van der Waals surface area contributed by atoms with Crippen molar-refractivity contribution in [1.29, 1.82) is 0 Å². The largest absolute Gasteiger partial charge is 0.507 e. The van der Waals surface area contributed by atoms with Crippen molar-refractivity contribution in [2.45, 2.75) is 85.1 Å². The first-order valence-corrected chi connectivity index (χ1v) is 12.4. The molecule has 3 rings (SSSR count). The van der Waals surface area contributed by atoms with Gasteiger partial charge in [-0.3, -0.25) is 4.90 Å². The third kappa shape index (κ3) is 5.65. The maximum atomic E-state index is 11.2. The van der Waals surface area contributed by atoms with Gasteiger partial charge in [0.15, 0.2) is 0 Å². The lowest BCUT2D eigenvalue weighted by Crippen LogP contribution is -2.31. The number of benzene rings is 2. The van der Waals surface area contributed by atoms with Gasteiger partial charge >= 0.3 is 0 Å². The first-order chi connectivity index (χ1) is 13.9. The lowest BCUT2D eigenvalue weighted by atomic mass is 9.80. The Bertz CT molecular complexity index is 883. The molecule has 1 unspecified atom stereocenters. The molecule has 0 amide bonds. The van der Waals surface area contributed by atoms with Crippen LogP contribution in [0.4, 0.5) is 0 Å². The van der Waals surface area contributed by atoms with Crippen LogP contribution in [0.5, 0.6) is 5.75 Å². The van der Waals surface area contributed by atoms with Crippen molar-refractivity contribution in [2.24, 2.45) is 0 Å². The first kappa shape index (κ1) is 23.3. The summed E-state index contributed by atoms with van der Waals surface area (Å²) in [7, 11) is 0.466. The summed E-state index contributed by atoms with van der Waals surface area (Å²) in [6, 6.07) is 11.3. The molecular weight excluding hydrogens is 385 g/mol. The van der Waals surface area contributed by atoms with Gasteiger partial charge in [-0.2, -0.15) is 0 Å². The van der Waals surface area contributed by atoms with Crippen LogP contribution in [-0.4, -0.2) is 23.1 Å². The second-order valence-corrected chi connectivity index (χ2v) is 12.4. The fraction of sp³-hybridized carbons (Fsp3) is 0.556. The number of hydrogen-bond donors (Lipinski definition) is 1. The summed E-state index contributed by atoms with van der Waals surface area (Å²) in [5.74, 6) is 0.485. The van der Waals surface area contributed by atoms with Crippen molar-refractivity contribution < 1.29 is 5.11 Å². The van der Waals surface area contributed by atoms with Crippen LogP contribution in [-0.2, 0) is 17.4 Å². The average molecular weight is 426 g/mol. The molecule has 0 bridgehead atoms. The monoisotopic (exact) mass is 425 g/mol. The van der Waals surface area contributed by atoms with Crippen LogP contribution in [0.3, 0.4) is 0 Å². The van der Waals surface area contributed by atoms with Gasteiger partial charge in [-0.25, -0.2) is 0 Å². The summed E-state index contributed by atoms with van der Waals surface area (Å²) in [6.07, 6.45) is 3.99. The third-order valence-electron chi connectivity index (χ3n) is 6.16. The molecule has 3 heteroatoms. The molecule has 1 fully saturated rings. The number of phenols is 1. The summed E-state index contributed by atoms with van der Waals surface area (Å²) in [4.78, 5) is 2.60. The Labute approximate surface area is 185 Å². The second-order valence-electron chi connectivity index (χ2n) is 11.0. The lowest BCUT2D eigenvalue weighted by Gasteiger charge is -2.29. The summed E-state index contributed by atoms with van der Waals surface area (Å²) < 4.78 is 0. The van der Waals surface area contributed by atoms with E-state index in [1.54, 1.807) is 0 Å². The molecule has 0 aromatic heterocycles. The minimum Gasteiger partial charge on any atom is -0.507 e. The molecule has 0 radical (unpaired) electrons. The number of aryl methyl sites for hydroxylation is 1. The number of piperidine rings is 1. The van der Waals surface area contributed by atoms with Crippen LogP contribution >= 0.6 is 8.58 Å². The van der Waals surface area contributed by atoms with Gasteiger partial charge in [-0.05, 0) is 66.2 Å². The Kier molecular flexibility index (Phi) is 7.00. The predicted molar refractivity (Wildman–Crippen MR) is 133 cm³/mol. The van der Waals surface area contributed by atoms with Crippen molar-refractivity contribution in [3.05, 3.63) is 52.6 Å². The van der Waals surface area contributed by atoms with Crippen LogP contribution < -0.4 is 10.6 Å². The lowest BCUT2D eigenvalue weighted by molar-refractivity contribution is 0.221. The summed E-state index contributed by atoms with van der Waals surface area (Å²) in [5.41, 5.74) is 5.07. The first-order valence-electron chi connectivity index (χ1n) is 11.4. The van der Waals surface area contributed by atoms with Crippen LogP contribution in [0.15, 0.2) is 30.3 Å². The fourth-order valence-corrected chi connectivity index (χ4v) is 5.46. The van der Waals surface area contributed by atoms with Crippen molar-refractivity contribution in [3.63, 3.8) is 0 Å². The van der Waals surface area contributed by atoms with Crippen LogP contribution in [0.1, 0.15) is 83.1 Å². The Hall–Kier alpha value is -1.37. The average Bonchev–Trinajstić information content (AvgIpc) is 2.64. The molecule has 1 heterocycles. The third-order valence-corrected chi connectivity index (χ3v) is 7.56. The Balaban J connectivity index is 2.01. The van der Waals surface area contributed by atoms with Crippen LogP contribution in [0.25, 0.3) is 0 Å². The van der Waals surface area contributed by atoms with E-state index in [9.17, 15) is 5.11 Å². The SMILES string of the molecule is Cc1ccc(Pc2cc(C(C)(C)C)cc(C(C)(C)C)c2O)c(CN2CCCCC2)c1.